The Labute approximate surface area is 197 Å². The van der Waals surface area contributed by atoms with Gasteiger partial charge in [-0.15, -0.1) is 11.3 Å². The number of nitro benzene ring substituents is 1. The van der Waals surface area contributed by atoms with E-state index in [9.17, 15) is 30.5 Å². The Kier molecular flexibility index (Phi) is 7.26. The number of benzene rings is 2. The molecular formula is C22H21N3O8S. The quantitative estimate of drug-likeness (QED) is 0.220. The molecule has 4 N–H and O–H groups in total. The van der Waals surface area contributed by atoms with Crippen LogP contribution in [0.25, 0.3) is 11.3 Å². The van der Waals surface area contributed by atoms with E-state index in [0.29, 0.717) is 22.1 Å². The Morgan fingerprint density at radius 3 is 2.62 bits per heavy atom. The molecule has 11 nitrogen and oxygen atoms in total. The molecule has 0 saturated carbocycles. The molecule has 5 atom stereocenters. The third-order valence-electron chi connectivity index (χ3n) is 5.15. The molecule has 0 amide bonds. The zero-order chi connectivity index (χ0) is 24.2. The summed E-state index contributed by atoms with van der Waals surface area (Å²) in [5.74, 6) is 0.340. The van der Waals surface area contributed by atoms with Gasteiger partial charge in [0.15, 0.2) is 0 Å². The number of hydrogen-bond donors (Lipinski definition) is 4. The molecule has 0 unspecified atom stereocenters. The van der Waals surface area contributed by atoms with Crippen molar-refractivity contribution in [1.29, 1.82) is 0 Å². The second kappa shape index (κ2) is 10.3. The lowest BCUT2D eigenvalue weighted by Gasteiger charge is -2.39. The largest absolute Gasteiger partial charge is 0.462 e. The highest BCUT2D eigenvalue weighted by Gasteiger charge is 2.44. The van der Waals surface area contributed by atoms with Crippen LogP contribution in [0.15, 0.2) is 58.9 Å². The van der Waals surface area contributed by atoms with Crippen molar-refractivity contribution in [2.75, 3.05) is 6.61 Å². The first-order valence-electron chi connectivity index (χ1n) is 10.2. The summed E-state index contributed by atoms with van der Waals surface area (Å²) >= 11 is 1.31. The Hall–Kier alpha value is -3.26. The van der Waals surface area contributed by atoms with Crippen molar-refractivity contribution in [3.05, 3.63) is 69.6 Å². The first kappa shape index (κ1) is 23.9. The molecule has 1 aromatic heterocycles. The number of rotatable bonds is 7. The number of hydrogen-bond acceptors (Lipinski definition) is 11. The highest BCUT2D eigenvalue weighted by Crippen LogP contribution is 2.29. The van der Waals surface area contributed by atoms with Crippen molar-refractivity contribution < 1.29 is 34.8 Å². The minimum atomic E-state index is -1.52. The second-order valence-corrected chi connectivity index (χ2v) is 8.30. The zero-order valence-corrected chi connectivity index (χ0v) is 18.4. The number of non-ortho nitro benzene ring substituents is 1. The molecule has 1 fully saturated rings. The van der Waals surface area contributed by atoms with Crippen molar-refractivity contribution in [2.24, 2.45) is 4.99 Å². The van der Waals surface area contributed by atoms with Gasteiger partial charge in [-0.25, -0.2) is 9.98 Å². The summed E-state index contributed by atoms with van der Waals surface area (Å²) in [6.07, 6.45) is -5.30. The molecule has 4 rings (SSSR count). The topological polar surface area (TPSA) is 168 Å². The Morgan fingerprint density at radius 2 is 1.91 bits per heavy atom. The molecule has 12 heteroatoms. The maximum absolute atomic E-state index is 10.9. The van der Waals surface area contributed by atoms with Gasteiger partial charge >= 0.3 is 0 Å². The van der Waals surface area contributed by atoms with Crippen LogP contribution in [0.1, 0.15) is 5.56 Å². The molecule has 2 heterocycles. The minimum absolute atomic E-state index is 0.0187. The highest BCUT2D eigenvalue weighted by molar-refractivity contribution is 7.13. The predicted octanol–water partition coefficient (Wildman–Crippen LogP) is 1.65. The fraction of sp³-hybridized carbons (Fsp3) is 0.273. The highest BCUT2D eigenvalue weighted by atomic mass is 32.1. The Bertz CT molecular complexity index is 1170. The van der Waals surface area contributed by atoms with Crippen molar-refractivity contribution in [3.63, 3.8) is 0 Å². The standard InChI is InChI=1S/C22H21N3O8S/c26-10-17-18(27)19(28)20(29)21(33-17)32-15-6-4-13(5-7-15)16-11-34-22(24-16)23-9-12-2-1-3-14(8-12)25(30)31/h1-9,11,17-21,26-29H,10H2/b23-9+/t17-,18-,19+,20-,21-/m1/s1. The number of nitrogens with zero attached hydrogens (tertiary/aromatic N) is 3. The van der Waals surface area contributed by atoms with Crippen LogP contribution in [0.3, 0.4) is 0 Å². The maximum atomic E-state index is 10.9. The van der Waals surface area contributed by atoms with Gasteiger partial charge in [0.25, 0.3) is 5.69 Å². The van der Waals surface area contributed by atoms with Gasteiger partial charge in [-0.1, -0.05) is 12.1 Å². The Balaban J connectivity index is 1.42. The van der Waals surface area contributed by atoms with E-state index in [1.807, 2.05) is 5.38 Å². The molecule has 1 saturated heterocycles. The number of ether oxygens (including phenoxy) is 2. The van der Waals surface area contributed by atoms with Crippen molar-refractivity contribution >= 4 is 28.4 Å². The molecule has 2 aromatic carbocycles. The van der Waals surface area contributed by atoms with Gasteiger partial charge in [0.2, 0.25) is 11.4 Å². The molecule has 34 heavy (non-hydrogen) atoms. The smallest absolute Gasteiger partial charge is 0.270 e. The lowest BCUT2D eigenvalue weighted by molar-refractivity contribution is -0.384. The van der Waals surface area contributed by atoms with E-state index < -0.39 is 42.2 Å². The molecule has 0 bridgehead atoms. The predicted molar refractivity (Wildman–Crippen MR) is 122 cm³/mol. The van der Waals surface area contributed by atoms with Crippen LogP contribution in [0, 0.1) is 10.1 Å². The molecule has 1 aliphatic rings. The molecule has 3 aromatic rings. The number of aliphatic hydroxyl groups is 4. The lowest BCUT2D eigenvalue weighted by Crippen LogP contribution is -2.60. The van der Waals surface area contributed by atoms with Crippen LogP contribution in [0.5, 0.6) is 5.75 Å². The van der Waals surface area contributed by atoms with Crippen LogP contribution >= 0.6 is 11.3 Å². The Morgan fingerprint density at radius 1 is 1.15 bits per heavy atom. The van der Waals surface area contributed by atoms with E-state index >= 15 is 0 Å². The van der Waals surface area contributed by atoms with Gasteiger partial charge in [-0.3, -0.25) is 10.1 Å². The average Bonchev–Trinajstić information content (AvgIpc) is 3.33. The summed E-state index contributed by atoms with van der Waals surface area (Å²) in [7, 11) is 0. The maximum Gasteiger partial charge on any atom is 0.270 e. The monoisotopic (exact) mass is 487 g/mol. The lowest BCUT2D eigenvalue weighted by atomic mass is 9.99. The van der Waals surface area contributed by atoms with Gasteiger partial charge < -0.3 is 29.9 Å². The van der Waals surface area contributed by atoms with E-state index in [4.69, 9.17) is 9.47 Å². The van der Waals surface area contributed by atoms with Gasteiger partial charge in [0, 0.05) is 29.3 Å². The van der Waals surface area contributed by atoms with E-state index in [2.05, 4.69) is 9.98 Å². The third kappa shape index (κ3) is 5.28. The molecule has 0 spiro atoms. The summed E-state index contributed by atoms with van der Waals surface area (Å²) in [5, 5.41) is 52.3. The summed E-state index contributed by atoms with van der Waals surface area (Å²) < 4.78 is 10.9. The normalized spacial score (nSPS) is 24.9. The van der Waals surface area contributed by atoms with Crippen LogP contribution in [-0.2, 0) is 4.74 Å². The van der Waals surface area contributed by atoms with E-state index in [1.54, 1.807) is 36.4 Å². The SMILES string of the molecule is O=[N+]([O-])c1cccc(/C=N/c2nc(-c3ccc(O[C@@H]4O[C@H](CO)[C@@H](O)[C@H](O)[C@H]4O)cc3)cs2)c1. The summed E-state index contributed by atoms with van der Waals surface area (Å²) in [5.41, 5.74) is 2.00. The molecule has 0 aliphatic carbocycles. The fourth-order valence-corrected chi connectivity index (χ4v) is 3.98. The number of thiazole rings is 1. The summed E-state index contributed by atoms with van der Waals surface area (Å²) in [6, 6.07) is 12.9. The molecule has 0 radical (unpaired) electrons. The molecule has 178 valence electrons. The molecule has 1 aliphatic heterocycles. The minimum Gasteiger partial charge on any atom is -0.462 e. The van der Waals surface area contributed by atoms with Gasteiger partial charge in [-0.2, -0.15) is 0 Å². The van der Waals surface area contributed by atoms with Crippen molar-refractivity contribution in [1.82, 2.24) is 4.98 Å². The first-order chi connectivity index (χ1) is 16.4. The number of aromatic nitrogens is 1. The van der Waals surface area contributed by atoms with Crippen molar-refractivity contribution in [2.45, 2.75) is 30.7 Å². The third-order valence-corrected chi connectivity index (χ3v) is 5.90. The number of aliphatic hydroxyl groups excluding tert-OH is 4. The van der Waals surface area contributed by atoms with E-state index in [-0.39, 0.29) is 5.69 Å². The molecular weight excluding hydrogens is 466 g/mol. The van der Waals surface area contributed by atoms with Crippen LogP contribution < -0.4 is 4.74 Å². The fourth-order valence-electron chi connectivity index (χ4n) is 3.31. The van der Waals surface area contributed by atoms with Crippen LogP contribution in [0.4, 0.5) is 10.8 Å². The second-order valence-electron chi connectivity index (χ2n) is 7.47. The van der Waals surface area contributed by atoms with Crippen molar-refractivity contribution in [3.8, 4) is 17.0 Å². The number of aliphatic imine (C=N–C) groups is 1. The zero-order valence-electron chi connectivity index (χ0n) is 17.5. The van der Waals surface area contributed by atoms with Gasteiger partial charge in [0.1, 0.15) is 30.2 Å². The first-order valence-corrected chi connectivity index (χ1v) is 11.1. The number of nitro groups is 1. The average molecular weight is 487 g/mol. The van der Waals surface area contributed by atoms with Crippen LogP contribution in [0.2, 0.25) is 0 Å². The van der Waals surface area contributed by atoms with Crippen LogP contribution in [-0.4, -0.2) is 73.9 Å². The van der Waals surface area contributed by atoms with E-state index in [1.165, 1.54) is 29.7 Å². The van der Waals surface area contributed by atoms with Gasteiger partial charge in [0.05, 0.1) is 17.2 Å². The summed E-state index contributed by atoms with van der Waals surface area (Å²) in [4.78, 5) is 19.1. The summed E-state index contributed by atoms with van der Waals surface area (Å²) in [6.45, 7) is -0.542. The van der Waals surface area contributed by atoms with E-state index in [0.717, 1.165) is 5.56 Å². The van der Waals surface area contributed by atoms with Gasteiger partial charge in [-0.05, 0) is 29.8 Å².